The predicted molar refractivity (Wildman–Crippen MR) is 84.7 cm³/mol. The molecule has 3 rings (SSSR count). The van der Waals surface area contributed by atoms with E-state index in [1.807, 2.05) is 12.1 Å². The van der Waals surface area contributed by atoms with Gasteiger partial charge in [-0.05, 0) is 50.2 Å². The molecule has 21 heavy (non-hydrogen) atoms. The number of carbonyl (C=O) groups excluding carboxylic acids is 1. The van der Waals surface area contributed by atoms with E-state index in [1.54, 1.807) is 29.6 Å². The SMILES string of the molecule is O=C(CN1CCCC1)C1=C=CN(c2ccc(Cl)cc2)N=C1. The van der Waals surface area contributed by atoms with Gasteiger partial charge in [0.1, 0.15) is 0 Å². The Kier molecular flexibility index (Phi) is 4.20. The van der Waals surface area contributed by atoms with E-state index in [4.69, 9.17) is 11.6 Å². The van der Waals surface area contributed by atoms with Crippen LogP contribution in [0, 0.1) is 0 Å². The summed E-state index contributed by atoms with van der Waals surface area (Å²) in [6.07, 6.45) is 5.62. The second-order valence-electron chi connectivity index (χ2n) is 5.16. The van der Waals surface area contributed by atoms with Crippen molar-refractivity contribution in [3.8, 4) is 0 Å². The standard InChI is InChI=1S/C16H16ClN3O/c17-14-3-5-15(6-4-14)20-10-7-13(11-18-20)16(21)12-19-8-1-2-9-19/h3-6,10-11H,1-2,8-9,12H2. The van der Waals surface area contributed by atoms with Gasteiger partial charge in [-0.25, -0.2) is 5.01 Å². The summed E-state index contributed by atoms with van der Waals surface area (Å²) in [5.41, 5.74) is 4.43. The van der Waals surface area contributed by atoms with Crippen LogP contribution >= 0.6 is 11.6 Å². The maximum atomic E-state index is 12.2. The van der Waals surface area contributed by atoms with E-state index in [-0.39, 0.29) is 5.78 Å². The fraction of sp³-hybridized carbons (Fsp3) is 0.312. The number of Topliss-reactive ketones (excluding diaryl/α,β-unsaturated/α-hetero) is 1. The Morgan fingerprint density at radius 3 is 2.57 bits per heavy atom. The van der Waals surface area contributed by atoms with Crippen molar-refractivity contribution < 1.29 is 4.79 Å². The van der Waals surface area contributed by atoms with E-state index in [0.717, 1.165) is 18.8 Å². The highest BCUT2D eigenvalue weighted by atomic mass is 35.5. The first-order valence-corrected chi connectivity index (χ1v) is 7.41. The Morgan fingerprint density at radius 1 is 1.24 bits per heavy atom. The van der Waals surface area contributed by atoms with Gasteiger partial charge in [-0.3, -0.25) is 9.69 Å². The molecule has 0 atom stereocenters. The molecule has 2 heterocycles. The van der Waals surface area contributed by atoms with E-state index >= 15 is 0 Å². The molecule has 0 amide bonds. The first kappa shape index (κ1) is 14.1. The van der Waals surface area contributed by atoms with Gasteiger partial charge in [-0.2, -0.15) is 5.10 Å². The number of ketones is 1. The Labute approximate surface area is 129 Å². The summed E-state index contributed by atoms with van der Waals surface area (Å²) in [6.45, 7) is 2.48. The molecule has 0 spiro atoms. The van der Waals surface area contributed by atoms with Gasteiger partial charge in [-0.15, -0.1) is 0 Å². The maximum Gasteiger partial charge on any atom is 0.186 e. The summed E-state index contributed by atoms with van der Waals surface area (Å²) >= 11 is 5.86. The molecule has 0 aromatic heterocycles. The quantitative estimate of drug-likeness (QED) is 0.802. The van der Waals surface area contributed by atoms with Gasteiger partial charge >= 0.3 is 0 Å². The number of hydrogen-bond acceptors (Lipinski definition) is 4. The van der Waals surface area contributed by atoms with Crippen LogP contribution in [0.2, 0.25) is 5.02 Å². The van der Waals surface area contributed by atoms with Crippen molar-refractivity contribution >= 4 is 29.3 Å². The molecule has 0 N–H and O–H groups in total. The van der Waals surface area contributed by atoms with Crippen LogP contribution in [0.15, 0.2) is 46.9 Å². The third-order valence-electron chi connectivity index (χ3n) is 3.61. The van der Waals surface area contributed by atoms with Crippen LogP contribution in [0.4, 0.5) is 5.69 Å². The molecule has 0 saturated carbocycles. The van der Waals surface area contributed by atoms with E-state index in [2.05, 4.69) is 15.7 Å². The van der Waals surface area contributed by atoms with Crippen LogP contribution in [-0.2, 0) is 4.79 Å². The van der Waals surface area contributed by atoms with Gasteiger partial charge in [0.2, 0.25) is 0 Å². The van der Waals surface area contributed by atoms with E-state index in [0.29, 0.717) is 17.1 Å². The van der Waals surface area contributed by atoms with E-state index in [1.165, 1.54) is 12.8 Å². The zero-order valence-electron chi connectivity index (χ0n) is 11.6. The summed E-state index contributed by atoms with van der Waals surface area (Å²) in [4.78, 5) is 14.3. The maximum absolute atomic E-state index is 12.2. The van der Waals surface area contributed by atoms with Gasteiger partial charge in [0.25, 0.3) is 0 Å². The highest BCUT2D eigenvalue weighted by Crippen LogP contribution is 2.19. The number of hydrazone groups is 1. The second kappa shape index (κ2) is 6.27. The molecule has 0 unspecified atom stereocenters. The Morgan fingerprint density at radius 2 is 1.95 bits per heavy atom. The van der Waals surface area contributed by atoms with Crippen molar-refractivity contribution in [1.82, 2.24) is 4.90 Å². The summed E-state index contributed by atoms with van der Waals surface area (Å²) in [5.74, 6) is 0.0765. The molecule has 0 bridgehead atoms. The zero-order valence-corrected chi connectivity index (χ0v) is 12.4. The highest BCUT2D eigenvalue weighted by Gasteiger charge is 2.18. The van der Waals surface area contributed by atoms with Gasteiger partial charge in [0.05, 0.1) is 30.2 Å². The molecule has 0 aliphatic carbocycles. The van der Waals surface area contributed by atoms with E-state index < -0.39 is 0 Å². The third kappa shape index (κ3) is 3.42. The number of rotatable bonds is 4. The van der Waals surface area contributed by atoms with Gasteiger partial charge < -0.3 is 0 Å². The summed E-state index contributed by atoms with van der Waals surface area (Å²) < 4.78 is 0. The fourth-order valence-corrected chi connectivity index (χ4v) is 2.56. The lowest BCUT2D eigenvalue weighted by Crippen LogP contribution is -2.28. The molecule has 1 fully saturated rings. The average molecular weight is 302 g/mol. The average Bonchev–Trinajstić information content (AvgIpc) is 3.01. The number of likely N-dealkylation sites (tertiary alicyclic amines) is 1. The molecule has 2 aliphatic rings. The van der Waals surface area contributed by atoms with Crippen LogP contribution in [0.25, 0.3) is 0 Å². The second-order valence-corrected chi connectivity index (χ2v) is 5.60. The lowest BCUT2D eigenvalue weighted by Gasteiger charge is -2.17. The first-order valence-electron chi connectivity index (χ1n) is 7.03. The summed E-state index contributed by atoms with van der Waals surface area (Å²) in [6, 6.07) is 7.35. The Bertz CT molecular complexity index is 623. The van der Waals surface area contributed by atoms with Crippen LogP contribution in [0.5, 0.6) is 0 Å². The minimum atomic E-state index is 0.0765. The van der Waals surface area contributed by atoms with Crippen molar-refractivity contribution in [3.63, 3.8) is 0 Å². The molecular weight excluding hydrogens is 286 g/mol. The number of carbonyl (C=O) groups is 1. The van der Waals surface area contributed by atoms with Crippen molar-refractivity contribution in [2.24, 2.45) is 5.10 Å². The monoisotopic (exact) mass is 301 g/mol. The Balaban J connectivity index is 1.69. The predicted octanol–water partition coefficient (Wildman–Crippen LogP) is 2.85. The fourth-order valence-electron chi connectivity index (χ4n) is 2.44. The normalized spacial score (nSPS) is 18.1. The third-order valence-corrected chi connectivity index (χ3v) is 3.86. The summed E-state index contributed by atoms with van der Waals surface area (Å²) in [5, 5.41) is 6.63. The van der Waals surface area contributed by atoms with Crippen molar-refractivity contribution in [1.29, 1.82) is 0 Å². The van der Waals surface area contributed by atoms with Crippen LogP contribution in [0.3, 0.4) is 0 Å². The van der Waals surface area contributed by atoms with Crippen LogP contribution < -0.4 is 5.01 Å². The molecule has 1 saturated heterocycles. The van der Waals surface area contributed by atoms with Crippen molar-refractivity contribution in [2.75, 3.05) is 24.6 Å². The smallest absolute Gasteiger partial charge is 0.186 e. The van der Waals surface area contributed by atoms with Gasteiger partial charge in [0.15, 0.2) is 5.78 Å². The minimum absolute atomic E-state index is 0.0765. The van der Waals surface area contributed by atoms with Gasteiger partial charge in [-0.1, -0.05) is 17.3 Å². The lowest BCUT2D eigenvalue weighted by molar-refractivity contribution is -0.115. The van der Waals surface area contributed by atoms with E-state index in [9.17, 15) is 4.79 Å². The van der Waals surface area contributed by atoms with Crippen LogP contribution in [0.1, 0.15) is 12.8 Å². The highest BCUT2D eigenvalue weighted by molar-refractivity contribution is 6.30. The van der Waals surface area contributed by atoms with Gasteiger partial charge in [0, 0.05) is 5.02 Å². The first-order chi connectivity index (χ1) is 10.2. The summed E-state index contributed by atoms with van der Waals surface area (Å²) in [7, 11) is 0. The number of benzene rings is 1. The molecule has 5 heteroatoms. The molecule has 4 nitrogen and oxygen atoms in total. The molecule has 1 aromatic rings. The Hall–Kier alpha value is -1.87. The molecule has 1 aromatic carbocycles. The van der Waals surface area contributed by atoms with Crippen molar-refractivity contribution in [3.05, 3.63) is 46.8 Å². The largest absolute Gasteiger partial charge is 0.296 e. The number of anilines is 1. The molecule has 0 radical (unpaired) electrons. The zero-order chi connectivity index (χ0) is 14.7. The molecular formula is C16H16ClN3O. The molecule has 108 valence electrons. The van der Waals surface area contributed by atoms with Crippen molar-refractivity contribution in [2.45, 2.75) is 12.8 Å². The minimum Gasteiger partial charge on any atom is -0.296 e. The number of hydrogen-bond donors (Lipinski definition) is 0. The number of nitrogens with zero attached hydrogens (tertiary/aromatic N) is 3. The topological polar surface area (TPSA) is 35.9 Å². The lowest BCUT2D eigenvalue weighted by atomic mass is 10.2. The van der Waals surface area contributed by atoms with Crippen LogP contribution in [-0.4, -0.2) is 36.5 Å². The molecule has 2 aliphatic heterocycles. The number of halogens is 1.